The van der Waals surface area contributed by atoms with E-state index in [1.807, 2.05) is 36.4 Å². The summed E-state index contributed by atoms with van der Waals surface area (Å²) in [7, 11) is 0. The molecule has 3 heterocycles. The van der Waals surface area contributed by atoms with E-state index < -0.39 is 0 Å². The van der Waals surface area contributed by atoms with Crippen LogP contribution in [0.3, 0.4) is 0 Å². The van der Waals surface area contributed by atoms with Gasteiger partial charge in [-0.25, -0.2) is 9.97 Å². The average molecular weight is 419 g/mol. The van der Waals surface area contributed by atoms with E-state index in [0.29, 0.717) is 11.8 Å². The quantitative estimate of drug-likeness (QED) is 0.491. The van der Waals surface area contributed by atoms with Crippen LogP contribution in [0.25, 0.3) is 27.9 Å². The van der Waals surface area contributed by atoms with Gasteiger partial charge in [-0.15, -0.1) is 16.9 Å². The van der Waals surface area contributed by atoms with E-state index in [1.165, 1.54) is 4.90 Å². The largest absolute Gasteiger partial charge is 0.354 e. The van der Waals surface area contributed by atoms with Crippen LogP contribution in [0.15, 0.2) is 53.4 Å². The van der Waals surface area contributed by atoms with Gasteiger partial charge in [-0.3, -0.25) is 4.79 Å². The highest BCUT2D eigenvalue weighted by Gasteiger charge is 2.23. The number of nitrogens with zero attached hydrogens (tertiary/aromatic N) is 4. The van der Waals surface area contributed by atoms with Crippen molar-refractivity contribution in [1.29, 1.82) is 0 Å². The first-order chi connectivity index (χ1) is 14.7. The standard InChI is InChI=1S/C22H22N6OS/c1-30-15-11-9-14(10-12-15)19-26-20-16-6-2-3-7-17(16)24-22(28(20)27-19)25-18-8-4-5-13-23-21(18)29/h2-3,6-7,9-12,18H,4-5,8,13H2,1H3,(H,23,29)(H,24,25)/t18-/m1/s1. The summed E-state index contributed by atoms with van der Waals surface area (Å²) < 4.78 is 1.72. The lowest BCUT2D eigenvalue weighted by Crippen LogP contribution is -2.38. The zero-order valence-corrected chi connectivity index (χ0v) is 17.4. The molecule has 30 heavy (non-hydrogen) atoms. The second-order valence-electron chi connectivity index (χ2n) is 7.34. The van der Waals surface area contributed by atoms with Gasteiger partial charge in [0.15, 0.2) is 11.5 Å². The summed E-state index contributed by atoms with van der Waals surface area (Å²) in [6, 6.07) is 15.7. The molecule has 0 saturated carbocycles. The van der Waals surface area contributed by atoms with E-state index in [-0.39, 0.29) is 11.9 Å². The molecule has 1 fully saturated rings. The normalized spacial score (nSPS) is 17.1. The SMILES string of the molecule is CSc1ccc(-c2nc3c4ccccc4nc(N[C@@H]4CCCCNC4=O)n3n2)cc1. The fourth-order valence-corrected chi connectivity index (χ4v) is 4.15. The Morgan fingerprint density at radius 1 is 1.10 bits per heavy atom. The Morgan fingerprint density at radius 3 is 2.77 bits per heavy atom. The van der Waals surface area contributed by atoms with E-state index in [0.717, 1.165) is 47.9 Å². The van der Waals surface area contributed by atoms with Crippen LogP contribution in [0.2, 0.25) is 0 Å². The first-order valence-corrected chi connectivity index (χ1v) is 11.3. The van der Waals surface area contributed by atoms with E-state index in [4.69, 9.17) is 15.1 Å². The molecule has 1 atom stereocenters. The van der Waals surface area contributed by atoms with Crippen molar-refractivity contribution in [2.45, 2.75) is 30.2 Å². The molecule has 0 unspecified atom stereocenters. The summed E-state index contributed by atoms with van der Waals surface area (Å²) in [6.07, 6.45) is 4.79. The Hall–Kier alpha value is -3.13. The molecule has 1 amide bonds. The summed E-state index contributed by atoms with van der Waals surface area (Å²) in [5.74, 6) is 1.17. The monoisotopic (exact) mass is 418 g/mol. The van der Waals surface area contributed by atoms with Crippen LogP contribution in [-0.4, -0.2) is 44.3 Å². The lowest BCUT2D eigenvalue weighted by atomic mass is 10.1. The van der Waals surface area contributed by atoms with Crippen molar-refractivity contribution in [3.05, 3.63) is 48.5 Å². The number of thioether (sulfide) groups is 1. The maximum Gasteiger partial charge on any atom is 0.242 e. The van der Waals surface area contributed by atoms with Crippen molar-refractivity contribution in [2.24, 2.45) is 0 Å². The average Bonchev–Trinajstić information content (AvgIpc) is 3.14. The Balaban J connectivity index is 1.63. The molecule has 2 N–H and O–H groups in total. The minimum atomic E-state index is -0.335. The molecular formula is C22H22N6OS. The van der Waals surface area contributed by atoms with Crippen LogP contribution in [0.4, 0.5) is 5.95 Å². The van der Waals surface area contributed by atoms with Gasteiger partial charge in [-0.1, -0.05) is 24.3 Å². The van der Waals surface area contributed by atoms with Crippen molar-refractivity contribution in [3.63, 3.8) is 0 Å². The highest BCUT2D eigenvalue weighted by molar-refractivity contribution is 7.98. The molecule has 1 saturated heterocycles. The van der Waals surface area contributed by atoms with Crippen LogP contribution in [-0.2, 0) is 4.79 Å². The highest BCUT2D eigenvalue weighted by Crippen LogP contribution is 2.26. The predicted molar refractivity (Wildman–Crippen MR) is 120 cm³/mol. The highest BCUT2D eigenvalue weighted by atomic mass is 32.2. The number of anilines is 1. The van der Waals surface area contributed by atoms with Crippen molar-refractivity contribution in [2.75, 3.05) is 18.1 Å². The minimum Gasteiger partial charge on any atom is -0.354 e. The summed E-state index contributed by atoms with van der Waals surface area (Å²) >= 11 is 1.70. The molecule has 0 bridgehead atoms. The summed E-state index contributed by atoms with van der Waals surface area (Å²) in [6.45, 7) is 0.719. The van der Waals surface area contributed by atoms with Crippen LogP contribution >= 0.6 is 11.8 Å². The molecule has 0 radical (unpaired) electrons. The van der Waals surface area contributed by atoms with Crippen molar-refractivity contribution in [1.82, 2.24) is 24.9 Å². The van der Waals surface area contributed by atoms with Gasteiger partial charge in [0.05, 0.1) is 5.52 Å². The number of nitrogens with one attached hydrogen (secondary N) is 2. The van der Waals surface area contributed by atoms with E-state index in [1.54, 1.807) is 16.3 Å². The van der Waals surface area contributed by atoms with Crippen molar-refractivity contribution >= 4 is 40.2 Å². The first-order valence-electron chi connectivity index (χ1n) is 10.1. The number of aromatic nitrogens is 4. The number of fused-ring (bicyclic) bond motifs is 3. The van der Waals surface area contributed by atoms with Crippen LogP contribution in [0.1, 0.15) is 19.3 Å². The van der Waals surface area contributed by atoms with E-state index in [2.05, 4.69) is 29.0 Å². The molecule has 8 heteroatoms. The molecule has 4 aromatic rings. The number of carbonyl (C=O) groups excluding carboxylic acids is 1. The zero-order valence-electron chi connectivity index (χ0n) is 16.6. The fraction of sp³-hybridized carbons (Fsp3) is 0.273. The second kappa shape index (κ2) is 7.95. The first kappa shape index (κ1) is 18.9. The number of carbonyl (C=O) groups is 1. The maximum absolute atomic E-state index is 12.5. The van der Waals surface area contributed by atoms with Crippen LogP contribution in [0, 0.1) is 0 Å². The van der Waals surface area contributed by atoms with Gasteiger partial charge < -0.3 is 10.6 Å². The molecule has 1 aliphatic heterocycles. The Bertz CT molecular complexity index is 1220. The Labute approximate surface area is 178 Å². The van der Waals surface area contributed by atoms with Crippen molar-refractivity contribution < 1.29 is 4.79 Å². The number of amides is 1. The number of benzene rings is 2. The molecular weight excluding hydrogens is 396 g/mol. The molecule has 7 nitrogen and oxygen atoms in total. The lowest BCUT2D eigenvalue weighted by Gasteiger charge is -2.16. The van der Waals surface area contributed by atoms with Gasteiger partial charge in [0, 0.05) is 22.4 Å². The van der Waals surface area contributed by atoms with E-state index >= 15 is 0 Å². The molecule has 2 aromatic heterocycles. The van der Waals surface area contributed by atoms with Crippen LogP contribution < -0.4 is 10.6 Å². The summed E-state index contributed by atoms with van der Waals surface area (Å²) in [5, 5.41) is 12.0. The lowest BCUT2D eigenvalue weighted by molar-refractivity contribution is -0.121. The fourth-order valence-electron chi connectivity index (χ4n) is 3.74. The van der Waals surface area contributed by atoms with Gasteiger partial charge in [-0.05, 0) is 49.8 Å². The molecule has 1 aliphatic rings. The van der Waals surface area contributed by atoms with Crippen molar-refractivity contribution in [3.8, 4) is 11.4 Å². The van der Waals surface area contributed by atoms with Gasteiger partial charge in [0.2, 0.25) is 11.9 Å². The molecule has 2 aromatic carbocycles. The third kappa shape index (κ3) is 3.47. The topological polar surface area (TPSA) is 84.2 Å². The molecule has 5 rings (SSSR count). The summed E-state index contributed by atoms with van der Waals surface area (Å²) in [4.78, 5) is 23.2. The third-order valence-electron chi connectivity index (χ3n) is 5.37. The van der Waals surface area contributed by atoms with Gasteiger partial charge in [0.25, 0.3) is 0 Å². The summed E-state index contributed by atoms with van der Waals surface area (Å²) in [5.41, 5.74) is 2.48. The van der Waals surface area contributed by atoms with E-state index in [9.17, 15) is 4.79 Å². The number of hydrogen-bond acceptors (Lipinski definition) is 6. The molecule has 152 valence electrons. The Kier molecular flexibility index (Phi) is 5.00. The van der Waals surface area contributed by atoms with Gasteiger partial charge in [-0.2, -0.15) is 4.52 Å². The predicted octanol–water partition coefficient (Wildman–Crippen LogP) is 3.75. The third-order valence-corrected chi connectivity index (χ3v) is 6.11. The smallest absolute Gasteiger partial charge is 0.242 e. The van der Waals surface area contributed by atoms with Gasteiger partial charge >= 0.3 is 0 Å². The van der Waals surface area contributed by atoms with Crippen LogP contribution in [0.5, 0.6) is 0 Å². The minimum absolute atomic E-state index is 0.00333. The Morgan fingerprint density at radius 2 is 1.93 bits per heavy atom. The maximum atomic E-state index is 12.5. The van der Waals surface area contributed by atoms with Gasteiger partial charge in [0.1, 0.15) is 6.04 Å². The molecule has 0 aliphatic carbocycles. The number of hydrogen-bond donors (Lipinski definition) is 2. The second-order valence-corrected chi connectivity index (χ2v) is 8.22. The number of rotatable bonds is 4. The zero-order chi connectivity index (χ0) is 20.5. The molecule has 0 spiro atoms. The number of para-hydroxylation sites is 1.